The molecule has 0 aliphatic carbocycles. The van der Waals surface area contributed by atoms with Crippen molar-refractivity contribution in [3.8, 4) is 5.75 Å². The van der Waals surface area contributed by atoms with Crippen molar-refractivity contribution in [3.05, 3.63) is 139 Å². The third kappa shape index (κ3) is 7.10. The number of carbonyl (C=O) groups is 1. The van der Waals surface area contributed by atoms with Crippen LogP contribution in [0.3, 0.4) is 0 Å². The number of amidine groups is 1. The second kappa shape index (κ2) is 12.8. The minimum absolute atomic E-state index is 0.0729. The van der Waals surface area contributed by atoms with E-state index in [-0.39, 0.29) is 5.91 Å². The second-order valence-corrected chi connectivity index (χ2v) is 11.9. The number of amides is 1. The predicted molar refractivity (Wildman–Crippen MR) is 167 cm³/mol. The first kappa shape index (κ1) is 27.4. The van der Waals surface area contributed by atoms with E-state index in [2.05, 4.69) is 63.0 Å². The Hall–Kier alpha value is -3.13. The van der Waals surface area contributed by atoms with Crippen LogP contribution in [0.1, 0.15) is 27.8 Å². The Bertz CT molecular complexity index is 1520. The number of benzene rings is 4. The molecule has 1 fully saturated rings. The van der Waals surface area contributed by atoms with Crippen LogP contribution in [0.2, 0.25) is 0 Å². The topological polar surface area (TPSA) is 41.9 Å². The molecule has 0 N–H and O–H groups in total. The number of halogens is 2. The van der Waals surface area contributed by atoms with Gasteiger partial charge in [-0.3, -0.25) is 14.7 Å². The van der Waals surface area contributed by atoms with E-state index in [1.807, 2.05) is 78.9 Å². The Balaban J connectivity index is 1.46. The lowest BCUT2D eigenvalue weighted by Gasteiger charge is -2.16. The Morgan fingerprint density at radius 1 is 0.872 bits per heavy atom. The number of nitrogens with zero attached hydrogens (tertiary/aromatic N) is 2. The van der Waals surface area contributed by atoms with Crippen LogP contribution in [0.25, 0.3) is 6.08 Å². The highest BCUT2D eigenvalue weighted by Gasteiger charge is 2.33. The molecular weight excluding hydrogens is 636 g/mol. The molecule has 1 amide bonds. The molecule has 4 nitrogen and oxygen atoms in total. The Labute approximate surface area is 250 Å². The Kier molecular flexibility index (Phi) is 9.02. The van der Waals surface area contributed by atoms with Gasteiger partial charge in [-0.05, 0) is 69.5 Å². The zero-order chi connectivity index (χ0) is 27.2. The maximum Gasteiger partial charge on any atom is 0.267 e. The quantitative estimate of drug-likeness (QED) is 0.177. The molecule has 7 heteroatoms. The standard InChI is InChI=1S/C32H26Br2N2O2S/c1-22-12-14-25(15-13-22)21-38-30-26(16-27(33)18-28(30)34)17-29-31(37)36(20-24-10-6-3-7-11-24)32(39-29)35-19-23-8-4-2-5-9-23/h2-18H,19-21H2,1H3/b29-17+,35-32?. The number of thioether (sulfide) groups is 1. The van der Waals surface area contributed by atoms with Crippen LogP contribution in [0.4, 0.5) is 0 Å². The van der Waals surface area contributed by atoms with Gasteiger partial charge in [0.1, 0.15) is 12.4 Å². The SMILES string of the molecule is Cc1ccc(COc2c(Br)cc(Br)cc2/C=C2/SC(=NCc3ccccc3)N(Cc3ccccc3)C2=O)cc1. The highest BCUT2D eigenvalue weighted by atomic mass is 79.9. The first-order valence-corrected chi connectivity index (χ1v) is 14.9. The minimum Gasteiger partial charge on any atom is -0.487 e. The van der Waals surface area contributed by atoms with E-state index < -0.39 is 0 Å². The number of rotatable bonds is 8. The summed E-state index contributed by atoms with van der Waals surface area (Å²) in [5.74, 6) is 0.611. The van der Waals surface area contributed by atoms with Crippen LogP contribution in [-0.2, 0) is 24.5 Å². The van der Waals surface area contributed by atoms with Crippen molar-refractivity contribution in [1.82, 2.24) is 4.90 Å². The molecule has 0 unspecified atom stereocenters. The fourth-order valence-corrected chi connectivity index (χ4v) is 6.43. The van der Waals surface area contributed by atoms with E-state index >= 15 is 0 Å². The molecule has 196 valence electrons. The molecule has 0 spiro atoms. The summed E-state index contributed by atoms with van der Waals surface area (Å²) in [4.78, 5) is 20.9. The van der Waals surface area contributed by atoms with E-state index in [0.717, 1.165) is 31.2 Å². The van der Waals surface area contributed by atoms with E-state index in [1.54, 1.807) is 4.90 Å². The van der Waals surface area contributed by atoms with Gasteiger partial charge >= 0.3 is 0 Å². The minimum atomic E-state index is -0.0729. The molecule has 0 radical (unpaired) electrons. The largest absolute Gasteiger partial charge is 0.487 e. The van der Waals surface area contributed by atoms with Gasteiger partial charge in [0, 0.05) is 10.0 Å². The lowest BCUT2D eigenvalue weighted by Crippen LogP contribution is -2.28. The van der Waals surface area contributed by atoms with Crippen molar-refractivity contribution in [2.75, 3.05) is 0 Å². The average molecular weight is 662 g/mol. The van der Waals surface area contributed by atoms with E-state index in [9.17, 15) is 4.79 Å². The summed E-state index contributed by atoms with van der Waals surface area (Å²) in [5.41, 5.74) is 5.23. The van der Waals surface area contributed by atoms with Crippen LogP contribution in [-0.4, -0.2) is 16.0 Å². The third-order valence-corrected chi connectivity index (χ3v) is 8.23. The lowest BCUT2D eigenvalue weighted by atomic mass is 10.1. The number of carbonyl (C=O) groups excluding carboxylic acids is 1. The molecular formula is C32H26Br2N2O2S. The predicted octanol–water partition coefficient (Wildman–Crippen LogP) is 8.77. The Morgan fingerprint density at radius 2 is 1.54 bits per heavy atom. The molecule has 0 atom stereocenters. The molecule has 5 rings (SSSR count). The molecule has 39 heavy (non-hydrogen) atoms. The number of ether oxygens (including phenoxy) is 1. The van der Waals surface area contributed by atoms with E-state index in [0.29, 0.717) is 35.5 Å². The first-order valence-electron chi connectivity index (χ1n) is 12.5. The highest BCUT2D eigenvalue weighted by molar-refractivity contribution is 9.11. The van der Waals surface area contributed by atoms with E-state index in [4.69, 9.17) is 9.73 Å². The summed E-state index contributed by atoms with van der Waals surface area (Å²) in [5, 5.41) is 0.690. The van der Waals surface area contributed by atoms with Gasteiger partial charge in [0.25, 0.3) is 5.91 Å². The number of hydrogen-bond acceptors (Lipinski definition) is 4. The van der Waals surface area contributed by atoms with E-state index in [1.165, 1.54) is 17.3 Å². The van der Waals surface area contributed by atoms with Crippen molar-refractivity contribution in [2.24, 2.45) is 4.99 Å². The van der Waals surface area contributed by atoms with Crippen molar-refractivity contribution < 1.29 is 9.53 Å². The zero-order valence-electron chi connectivity index (χ0n) is 21.3. The van der Waals surface area contributed by atoms with Gasteiger partial charge in [0.2, 0.25) is 0 Å². The van der Waals surface area contributed by atoms with Gasteiger partial charge < -0.3 is 4.74 Å². The van der Waals surface area contributed by atoms with Crippen LogP contribution in [0.15, 0.2) is 116 Å². The fraction of sp³-hybridized carbons (Fsp3) is 0.125. The zero-order valence-corrected chi connectivity index (χ0v) is 25.3. The lowest BCUT2D eigenvalue weighted by molar-refractivity contribution is -0.122. The molecule has 1 aliphatic heterocycles. The smallest absolute Gasteiger partial charge is 0.267 e. The summed E-state index contributed by atoms with van der Waals surface area (Å²) in [6, 6.07) is 32.3. The summed E-state index contributed by atoms with van der Waals surface area (Å²) in [6.45, 7) is 3.44. The average Bonchev–Trinajstić information content (AvgIpc) is 3.22. The van der Waals surface area contributed by atoms with Crippen molar-refractivity contribution in [2.45, 2.75) is 26.6 Å². The molecule has 0 aromatic heterocycles. The van der Waals surface area contributed by atoms with Crippen molar-refractivity contribution in [3.63, 3.8) is 0 Å². The fourth-order valence-electron chi connectivity index (χ4n) is 4.09. The maximum atomic E-state index is 13.7. The highest BCUT2D eigenvalue weighted by Crippen LogP contribution is 2.39. The van der Waals surface area contributed by atoms with Gasteiger partial charge in [-0.15, -0.1) is 0 Å². The van der Waals surface area contributed by atoms with Crippen LogP contribution >= 0.6 is 43.6 Å². The molecule has 4 aromatic carbocycles. The summed E-state index contributed by atoms with van der Waals surface area (Å²) in [7, 11) is 0. The number of hydrogen-bond donors (Lipinski definition) is 0. The van der Waals surface area contributed by atoms with Gasteiger partial charge in [0.15, 0.2) is 5.17 Å². The van der Waals surface area contributed by atoms with Crippen LogP contribution in [0.5, 0.6) is 5.75 Å². The molecule has 4 aromatic rings. The van der Waals surface area contributed by atoms with Gasteiger partial charge in [-0.2, -0.15) is 0 Å². The molecule has 1 aliphatic rings. The molecule has 1 saturated heterocycles. The summed E-state index contributed by atoms with van der Waals surface area (Å²) in [6.07, 6.45) is 1.90. The van der Waals surface area contributed by atoms with Gasteiger partial charge in [0.05, 0.1) is 22.5 Å². The summed E-state index contributed by atoms with van der Waals surface area (Å²) < 4.78 is 7.97. The Morgan fingerprint density at radius 3 is 2.23 bits per heavy atom. The van der Waals surface area contributed by atoms with Gasteiger partial charge in [-0.25, -0.2) is 0 Å². The molecule has 0 saturated carbocycles. The summed E-state index contributed by atoms with van der Waals surface area (Å²) >= 11 is 8.65. The van der Waals surface area contributed by atoms with Gasteiger partial charge in [-0.1, -0.05) is 106 Å². The number of aryl methyl sites for hydroxylation is 1. The monoisotopic (exact) mass is 660 g/mol. The second-order valence-electron chi connectivity index (χ2n) is 9.15. The van der Waals surface area contributed by atoms with Crippen molar-refractivity contribution >= 4 is 60.8 Å². The maximum absolute atomic E-state index is 13.7. The normalized spacial score (nSPS) is 15.4. The third-order valence-electron chi connectivity index (χ3n) is 6.14. The number of aliphatic imine (C=N–C) groups is 1. The van der Waals surface area contributed by atoms with Crippen LogP contribution in [0, 0.1) is 6.92 Å². The van der Waals surface area contributed by atoms with Crippen molar-refractivity contribution in [1.29, 1.82) is 0 Å². The molecule has 0 bridgehead atoms. The molecule has 1 heterocycles. The van der Waals surface area contributed by atoms with Crippen LogP contribution < -0.4 is 4.74 Å². The first-order chi connectivity index (χ1) is 19.0.